The number of ether oxygens (including phenoxy) is 1. The maximum atomic E-state index is 12.5. The van der Waals surface area contributed by atoms with Crippen LogP contribution in [-0.4, -0.2) is 29.3 Å². The first-order chi connectivity index (χ1) is 9.20. The van der Waals surface area contributed by atoms with Crippen molar-refractivity contribution in [3.63, 3.8) is 0 Å². The molecule has 5 nitrogen and oxygen atoms in total. The molecule has 0 bridgehead atoms. The number of rotatable bonds is 1. The van der Waals surface area contributed by atoms with Gasteiger partial charge in [-0.15, -0.1) is 0 Å². The van der Waals surface area contributed by atoms with Gasteiger partial charge in [-0.1, -0.05) is 18.2 Å². The molecule has 2 rings (SSSR count). The molecule has 1 atom stereocenters. The Bertz CT molecular complexity index is 561. The van der Waals surface area contributed by atoms with Gasteiger partial charge in [0.2, 0.25) is 5.91 Å². The lowest BCUT2D eigenvalue weighted by Crippen LogP contribution is -2.45. The maximum absolute atomic E-state index is 12.5. The summed E-state index contributed by atoms with van der Waals surface area (Å²) in [6.07, 6.45) is -0.716. The molecule has 0 saturated heterocycles. The molecular formula is C15H19NO4. The average Bonchev–Trinajstić information content (AvgIpc) is 2.58. The summed E-state index contributed by atoms with van der Waals surface area (Å²) >= 11 is 0. The molecule has 0 spiro atoms. The Balaban J connectivity index is 2.46. The highest BCUT2D eigenvalue weighted by Gasteiger charge is 2.50. The van der Waals surface area contributed by atoms with E-state index in [9.17, 15) is 14.7 Å². The van der Waals surface area contributed by atoms with Crippen molar-refractivity contribution in [1.82, 2.24) is 0 Å². The van der Waals surface area contributed by atoms with Crippen LogP contribution in [0.1, 0.15) is 33.3 Å². The Hall–Kier alpha value is -1.88. The van der Waals surface area contributed by atoms with Crippen LogP contribution >= 0.6 is 0 Å². The summed E-state index contributed by atoms with van der Waals surface area (Å²) in [7, 11) is 0. The monoisotopic (exact) mass is 277 g/mol. The van der Waals surface area contributed by atoms with Gasteiger partial charge in [0, 0.05) is 0 Å². The van der Waals surface area contributed by atoms with E-state index in [0.717, 1.165) is 4.90 Å². The van der Waals surface area contributed by atoms with E-state index in [-0.39, 0.29) is 6.61 Å². The highest BCUT2D eigenvalue weighted by Crippen LogP contribution is 2.41. The van der Waals surface area contributed by atoms with Gasteiger partial charge in [0.05, 0.1) is 17.7 Å². The zero-order valence-corrected chi connectivity index (χ0v) is 12.1. The largest absolute Gasteiger partial charge is 0.443 e. The van der Waals surface area contributed by atoms with Crippen LogP contribution in [0.4, 0.5) is 10.5 Å². The van der Waals surface area contributed by atoms with E-state index in [1.54, 1.807) is 52.0 Å². The topological polar surface area (TPSA) is 66.8 Å². The smallest absolute Gasteiger partial charge is 0.421 e. The molecule has 1 heterocycles. The van der Waals surface area contributed by atoms with Crippen molar-refractivity contribution in [2.24, 2.45) is 0 Å². The molecule has 0 radical (unpaired) electrons. The number of nitrogens with zero attached hydrogens (tertiary/aromatic N) is 1. The molecule has 0 aliphatic carbocycles. The van der Waals surface area contributed by atoms with E-state index in [0.29, 0.717) is 11.3 Å². The number of benzene rings is 1. The molecular weight excluding hydrogens is 258 g/mol. The van der Waals surface area contributed by atoms with E-state index in [1.807, 2.05) is 0 Å². The molecule has 0 unspecified atom stereocenters. The Kier molecular flexibility index (Phi) is 3.34. The lowest BCUT2D eigenvalue weighted by atomic mass is 9.85. The number of fused-ring (bicyclic) bond motifs is 1. The summed E-state index contributed by atoms with van der Waals surface area (Å²) in [5.41, 5.74) is -0.681. The van der Waals surface area contributed by atoms with E-state index in [1.165, 1.54) is 0 Å². The summed E-state index contributed by atoms with van der Waals surface area (Å²) in [6, 6.07) is 6.94. The molecule has 2 amide bonds. The first-order valence-electron chi connectivity index (χ1n) is 6.48. The first kappa shape index (κ1) is 14.5. The summed E-state index contributed by atoms with van der Waals surface area (Å²) in [5, 5.41) is 9.57. The standard InChI is InChI=1S/C15H19NO4/c1-14(2,3)20-13(19)16-11-8-6-5-7-10(11)15(4,9-17)12(16)18/h5-8,17H,9H2,1-4H3/t15-/m1/s1. The number of carbonyl (C=O) groups is 2. The van der Waals surface area contributed by atoms with Crippen LogP contribution in [-0.2, 0) is 14.9 Å². The second-order valence-electron chi connectivity index (χ2n) is 6.13. The number of hydrogen-bond donors (Lipinski definition) is 1. The van der Waals surface area contributed by atoms with Crippen molar-refractivity contribution in [2.45, 2.75) is 38.7 Å². The van der Waals surface area contributed by atoms with Crippen molar-refractivity contribution in [1.29, 1.82) is 0 Å². The van der Waals surface area contributed by atoms with Gasteiger partial charge in [0.1, 0.15) is 5.60 Å². The van der Waals surface area contributed by atoms with Crippen LogP contribution in [0, 0.1) is 0 Å². The Labute approximate surface area is 118 Å². The normalized spacial score (nSPS) is 21.9. The molecule has 0 aromatic heterocycles. The molecule has 20 heavy (non-hydrogen) atoms. The summed E-state index contributed by atoms with van der Waals surface area (Å²) < 4.78 is 5.27. The lowest BCUT2D eigenvalue weighted by Gasteiger charge is -2.25. The molecule has 1 N–H and O–H groups in total. The van der Waals surface area contributed by atoms with Crippen LogP contribution in [0.5, 0.6) is 0 Å². The number of imide groups is 1. The summed E-state index contributed by atoms with van der Waals surface area (Å²) in [6.45, 7) is 6.48. The van der Waals surface area contributed by atoms with E-state index in [2.05, 4.69) is 0 Å². The van der Waals surface area contributed by atoms with Crippen molar-refractivity contribution in [2.75, 3.05) is 11.5 Å². The van der Waals surface area contributed by atoms with Crippen LogP contribution in [0.15, 0.2) is 24.3 Å². The molecule has 5 heteroatoms. The van der Waals surface area contributed by atoms with Crippen molar-refractivity contribution >= 4 is 17.7 Å². The van der Waals surface area contributed by atoms with Gasteiger partial charge in [-0.3, -0.25) is 4.79 Å². The quantitative estimate of drug-likeness (QED) is 0.854. The van der Waals surface area contributed by atoms with Crippen molar-refractivity contribution in [3.8, 4) is 0 Å². The van der Waals surface area contributed by atoms with E-state index in [4.69, 9.17) is 4.74 Å². The lowest BCUT2D eigenvalue weighted by molar-refractivity contribution is -0.123. The second-order valence-corrected chi connectivity index (χ2v) is 6.13. The first-order valence-corrected chi connectivity index (χ1v) is 6.48. The maximum Gasteiger partial charge on any atom is 0.421 e. The molecule has 0 saturated carbocycles. The molecule has 1 aliphatic heterocycles. The van der Waals surface area contributed by atoms with Gasteiger partial charge in [-0.25, -0.2) is 9.69 Å². The predicted molar refractivity (Wildman–Crippen MR) is 74.6 cm³/mol. The molecule has 1 aliphatic rings. The van der Waals surface area contributed by atoms with Gasteiger partial charge in [-0.2, -0.15) is 0 Å². The highest BCUT2D eigenvalue weighted by atomic mass is 16.6. The Morgan fingerprint density at radius 1 is 1.35 bits per heavy atom. The Morgan fingerprint density at radius 3 is 2.50 bits per heavy atom. The number of hydrogen-bond acceptors (Lipinski definition) is 4. The van der Waals surface area contributed by atoms with Crippen molar-refractivity contribution < 1.29 is 19.4 Å². The number of aliphatic hydroxyl groups excluding tert-OH is 1. The molecule has 0 fully saturated rings. The minimum atomic E-state index is -1.10. The highest BCUT2D eigenvalue weighted by molar-refractivity contribution is 6.21. The fourth-order valence-corrected chi connectivity index (χ4v) is 2.25. The summed E-state index contributed by atoms with van der Waals surface area (Å²) in [4.78, 5) is 25.8. The summed E-state index contributed by atoms with van der Waals surface area (Å²) in [5.74, 6) is -0.463. The van der Waals surface area contributed by atoms with Gasteiger partial charge < -0.3 is 9.84 Å². The van der Waals surface area contributed by atoms with Gasteiger partial charge in [0.15, 0.2) is 0 Å². The zero-order chi connectivity index (χ0) is 15.1. The molecule has 108 valence electrons. The van der Waals surface area contributed by atoms with Crippen LogP contribution < -0.4 is 4.90 Å². The van der Waals surface area contributed by atoms with Crippen LogP contribution in [0.25, 0.3) is 0 Å². The van der Waals surface area contributed by atoms with Gasteiger partial charge >= 0.3 is 6.09 Å². The minimum Gasteiger partial charge on any atom is -0.443 e. The third kappa shape index (κ3) is 2.18. The molecule has 1 aromatic rings. The number of para-hydroxylation sites is 1. The SMILES string of the molecule is CC(C)(C)OC(=O)N1C(=O)[C@](C)(CO)c2ccccc21. The third-order valence-electron chi connectivity index (χ3n) is 3.31. The number of aliphatic hydroxyl groups is 1. The van der Waals surface area contributed by atoms with Crippen LogP contribution in [0.3, 0.4) is 0 Å². The third-order valence-corrected chi connectivity index (χ3v) is 3.31. The predicted octanol–water partition coefficient (Wildman–Crippen LogP) is 2.22. The Morgan fingerprint density at radius 2 is 1.95 bits per heavy atom. The van der Waals surface area contributed by atoms with Gasteiger partial charge in [0.25, 0.3) is 0 Å². The van der Waals surface area contributed by atoms with E-state index < -0.39 is 23.0 Å². The van der Waals surface area contributed by atoms with Crippen LogP contribution in [0.2, 0.25) is 0 Å². The van der Waals surface area contributed by atoms with E-state index >= 15 is 0 Å². The fourth-order valence-electron chi connectivity index (χ4n) is 2.25. The minimum absolute atomic E-state index is 0.359. The zero-order valence-electron chi connectivity index (χ0n) is 12.1. The van der Waals surface area contributed by atoms with Crippen molar-refractivity contribution in [3.05, 3.63) is 29.8 Å². The number of amides is 2. The number of carbonyl (C=O) groups excluding carboxylic acids is 2. The fraction of sp³-hybridized carbons (Fsp3) is 0.467. The number of anilines is 1. The second kappa shape index (κ2) is 4.59. The molecule has 1 aromatic carbocycles. The van der Waals surface area contributed by atoms with Gasteiger partial charge in [-0.05, 0) is 39.3 Å². The average molecular weight is 277 g/mol.